The smallest absolute Gasteiger partial charge is 0.407 e. The van der Waals surface area contributed by atoms with Crippen LogP contribution in [-0.4, -0.2) is 37.1 Å². The zero-order chi connectivity index (χ0) is 32.0. The van der Waals surface area contributed by atoms with Crippen LogP contribution in [0.15, 0.2) is 82.6 Å². The largest absolute Gasteiger partial charge is 0.489 e. The second-order valence-corrected chi connectivity index (χ2v) is 15.0. The summed E-state index contributed by atoms with van der Waals surface area (Å²) in [6, 6.07) is 24.0. The van der Waals surface area contributed by atoms with E-state index >= 15 is 0 Å². The molecular weight excluding hydrogens is 617 g/mol. The highest BCUT2D eigenvalue weighted by atomic mass is 35.5. The summed E-state index contributed by atoms with van der Waals surface area (Å²) < 4.78 is 35.4. The monoisotopic (exact) mass is 661 g/mol. The number of alkyl carbamates (subject to hydrolysis) is 1. The molecule has 1 unspecified atom stereocenters. The average molecular weight is 662 g/mol. The Morgan fingerprint density at radius 3 is 2.30 bits per heavy atom. The van der Waals surface area contributed by atoms with Crippen molar-refractivity contribution in [1.29, 1.82) is 0 Å². The zero-order valence-electron chi connectivity index (χ0n) is 26.3. The first-order valence-corrected chi connectivity index (χ1v) is 18.0. The van der Waals surface area contributed by atoms with Crippen molar-refractivity contribution in [1.82, 2.24) is 5.32 Å². The van der Waals surface area contributed by atoms with Gasteiger partial charge in [-0.05, 0) is 102 Å². The predicted molar refractivity (Wildman–Crippen MR) is 179 cm³/mol. The minimum absolute atomic E-state index is 0.209. The Hall–Kier alpha value is -2.48. The number of ether oxygens (including phenoxy) is 2. The van der Waals surface area contributed by atoms with E-state index in [1.807, 2.05) is 75.4 Å². The van der Waals surface area contributed by atoms with E-state index in [4.69, 9.17) is 30.1 Å². The third-order valence-corrected chi connectivity index (χ3v) is 9.88. The molecule has 44 heavy (non-hydrogen) atoms. The lowest BCUT2D eigenvalue weighted by Crippen LogP contribution is -2.39. The minimum atomic E-state index is -3.24. The van der Waals surface area contributed by atoms with Crippen molar-refractivity contribution < 1.29 is 27.9 Å². The Morgan fingerprint density at radius 1 is 0.932 bits per heavy atom. The molecule has 1 atom stereocenters. The van der Waals surface area contributed by atoms with E-state index in [1.165, 1.54) is 0 Å². The van der Waals surface area contributed by atoms with E-state index in [2.05, 4.69) is 23.5 Å². The van der Waals surface area contributed by atoms with Gasteiger partial charge < -0.3 is 23.8 Å². The summed E-state index contributed by atoms with van der Waals surface area (Å²) >= 11 is 8.34. The average Bonchev–Trinajstić information content (AvgIpc) is 2.96. The molecule has 0 aromatic heterocycles. The Morgan fingerprint density at radius 2 is 1.64 bits per heavy atom. The summed E-state index contributed by atoms with van der Waals surface area (Å²) in [6.07, 6.45) is 2.29. The fourth-order valence-corrected chi connectivity index (χ4v) is 7.47. The van der Waals surface area contributed by atoms with Gasteiger partial charge in [0.1, 0.15) is 18.0 Å². The van der Waals surface area contributed by atoms with Gasteiger partial charge in [-0.1, -0.05) is 65.8 Å². The van der Waals surface area contributed by atoms with Crippen LogP contribution in [0.2, 0.25) is 5.02 Å². The number of halogens is 1. The zero-order valence-corrected chi connectivity index (χ0v) is 28.8. The summed E-state index contributed by atoms with van der Waals surface area (Å²) in [7, 11) is -3.24. The van der Waals surface area contributed by atoms with E-state index in [9.17, 15) is 9.36 Å². The second kappa shape index (κ2) is 17.9. The topological polar surface area (TPSA) is 83.1 Å². The van der Waals surface area contributed by atoms with E-state index in [-0.39, 0.29) is 12.2 Å². The molecule has 0 saturated heterocycles. The number of nitrogens with one attached hydrogen (secondary N) is 1. The van der Waals surface area contributed by atoms with Gasteiger partial charge in [0.05, 0.1) is 19.4 Å². The first kappa shape index (κ1) is 36.0. The molecule has 0 heterocycles. The number of carbonyl (C=O) groups excluding carboxylic acids is 1. The van der Waals surface area contributed by atoms with Crippen LogP contribution < -0.4 is 10.1 Å². The molecule has 0 aliphatic carbocycles. The highest BCUT2D eigenvalue weighted by Gasteiger charge is 2.27. The number of carbonyl (C=O) groups is 1. The van der Waals surface area contributed by atoms with E-state index in [0.29, 0.717) is 37.7 Å². The van der Waals surface area contributed by atoms with Gasteiger partial charge in [-0.15, -0.1) is 0 Å². The molecule has 3 rings (SSSR count). The number of rotatable bonds is 17. The van der Waals surface area contributed by atoms with Crippen LogP contribution >= 0.6 is 31.0 Å². The summed E-state index contributed by atoms with van der Waals surface area (Å²) in [6.45, 7) is 10.1. The third kappa shape index (κ3) is 13.3. The first-order valence-electron chi connectivity index (χ1n) is 15.1. The lowest BCUT2D eigenvalue weighted by atomic mass is 10.0. The van der Waals surface area contributed by atoms with E-state index < -0.39 is 19.3 Å². The Bertz CT molecular complexity index is 1360. The molecule has 10 heteroatoms. The Balaban J connectivity index is 1.58. The summed E-state index contributed by atoms with van der Waals surface area (Å²) in [5.74, 6) is 0.815. The molecular formula is C34H45ClNO6PS. The molecule has 3 aromatic rings. The quantitative estimate of drug-likeness (QED) is 0.144. The molecule has 3 aromatic carbocycles. The minimum Gasteiger partial charge on any atom is -0.489 e. The number of benzene rings is 3. The van der Waals surface area contributed by atoms with Gasteiger partial charge in [0.15, 0.2) is 0 Å². The van der Waals surface area contributed by atoms with Crippen molar-refractivity contribution in [2.75, 3.05) is 19.4 Å². The van der Waals surface area contributed by atoms with Crippen molar-refractivity contribution in [3.63, 3.8) is 0 Å². The first-order chi connectivity index (χ1) is 21.0. The van der Waals surface area contributed by atoms with Crippen molar-refractivity contribution in [2.24, 2.45) is 0 Å². The van der Waals surface area contributed by atoms with Crippen molar-refractivity contribution in [2.45, 2.75) is 88.3 Å². The lowest BCUT2D eigenvalue weighted by Gasteiger charge is -2.25. The molecule has 0 saturated carbocycles. The molecule has 0 bridgehead atoms. The van der Waals surface area contributed by atoms with Gasteiger partial charge >= 0.3 is 13.7 Å². The van der Waals surface area contributed by atoms with Crippen LogP contribution in [0.3, 0.4) is 0 Å². The third-order valence-electron chi connectivity index (χ3n) is 6.44. The summed E-state index contributed by atoms with van der Waals surface area (Å²) in [5, 5.41) is 3.65. The molecule has 0 radical (unpaired) electrons. The Labute approximate surface area is 271 Å². The van der Waals surface area contributed by atoms with Crippen molar-refractivity contribution >= 4 is 37.1 Å². The van der Waals surface area contributed by atoms with Gasteiger partial charge in [-0.2, -0.15) is 0 Å². The van der Waals surface area contributed by atoms with Gasteiger partial charge in [0.2, 0.25) is 0 Å². The number of hydrogen-bond acceptors (Lipinski definition) is 7. The fraction of sp³-hybridized carbons (Fsp3) is 0.441. The maximum Gasteiger partial charge on any atom is 0.407 e. The lowest BCUT2D eigenvalue weighted by molar-refractivity contribution is 0.0499. The molecule has 0 fully saturated rings. The second-order valence-electron chi connectivity index (χ2n) is 11.3. The van der Waals surface area contributed by atoms with Crippen molar-refractivity contribution in [3.8, 4) is 5.75 Å². The van der Waals surface area contributed by atoms with Crippen LogP contribution in [0.1, 0.15) is 65.0 Å². The van der Waals surface area contributed by atoms with E-state index in [0.717, 1.165) is 39.5 Å². The number of amides is 1. The highest BCUT2D eigenvalue weighted by Crippen LogP contribution is 2.48. The normalized spacial score (nSPS) is 12.5. The van der Waals surface area contributed by atoms with E-state index in [1.54, 1.807) is 25.6 Å². The van der Waals surface area contributed by atoms with Gasteiger partial charge in [-0.25, -0.2) is 4.79 Å². The predicted octanol–water partition coefficient (Wildman–Crippen LogP) is 9.94. The summed E-state index contributed by atoms with van der Waals surface area (Å²) in [4.78, 5) is 14.6. The maximum atomic E-state index is 13.0. The molecule has 240 valence electrons. The van der Waals surface area contributed by atoms with Crippen LogP contribution in [0.4, 0.5) is 4.79 Å². The van der Waals surface area contributed by atoms with Crippen LogP contribution in [0.5, 0.6) is 5.75 Å². The molecule has 0 aliphatic rings. The SMILES string of the molecule is CCOP(=O)(CCC(CCCc1ccc(Sc2cccc(OCc3ccccc3)c2)cc1Cl)NC(=O)OC(C)(C)C)OCC. The summed E-state index contributed by atoms with van der Waals surface area (Å²) in [5.41, 5.74) is 1.53. The Kier molecular flexibility index (Phi) is 14.6. The number of hydrogen-bond donors (Lipinski definition) is 1. The van der Waals surface area contributed by atoms with Crippen LogP contribution in [-0.2, 0) is 31.4 Å². The highest BCUT2D eigenvalue weighted by molar-refractivity contribution is 7.99. The van der Waals surface area contributed by atoms with Crippen molar-refractivity contribution in [3.05, 3.63) is 88.9 Å². The molecule has 0 aliphatic heterocycles. The van der Waals surface area contributed by atoms with Gasteiger partial charge in [-0.3, -0.25) is 4.57 Å². The van der Waals surface area contributed by atoms with Gasteiger partial charge in [0, 0.05) is 20.9 Å². The van der Waals surface area contributed by atoms with Crippen LogP contribution in [0, 0.1) is 0 Å². The fourth-order valence-electron chi connectivity index (χ4n) is 4.47. The molecule has 1 amide bonds. The van der Waals surface area contributed by atoms with Crippen LogP contribution in [0.25, 0.3) is 0 Å². The van der Waals surface area contributed by atoms with Gasteiger partial charge in [0.25, 0.3) is 0 Å². The molecule has 7 nitrogen and oxygen atoms in total. The standard InChI is InChI=1S/C34H45ClNO6PS/c1-6-40-43(38,41-7-2)22-21-28(36-33(37)42-34(3,4)5)16-11-15-27-19-20-31(24-32(27)35)44-30-18-12-17-29(23-30)39-25-26-13-9-8-10-14-26/h8-10,12-14,17-20,23-24,28H,6-7,11,15-16,21-22,25H2,1-5H3,(H,36,37). The molecule has 0 spiro atoms. The maximum absolute atomic E-state index is 13.0. The number of aryl methyl sites for hydroxylation is 1. The molecule has 1 N–H and O–H groups in total.